The molecule has 0 unspecified atom stereocenters. The van der Waals surface area contributed by atoms with Crippen LogP contribution in [0.25, 0.3) is 0 Å². The van der Waals surface area contributed by atoms with Crippen molar-refractivity contribution in [2.24, 2.45) is 4.99 Å². The van der Waals surface area contributed by atoms with E-state index in [4.69, 9.17) is 9.94 Å². The van der Waals surface area contributed by atoms with Crippen LogP contribution in [0.1, 0.15) is 17.3 Å². The quantitative estimate of drug-likeness (QED) is 0.340. The molecule has 80 valence electrons. The number of carbonyl (C=O) groups excluding carboxylic acids is 1. The average molecular weight is 208 g/mol. The highest BCUT2D eigenvalue weighted by Gasteiger charge is 2.04. The Morgan fingerprint density at radius 3 is 2.73 bits per heavy atom. The summed E-state index contributed by atoms with van der Waals surface area (Å²) in [5.74, 6) is -0.353. The van der Waals surface area contributed by atoms with E-state index in [-0.39, 0.29) is 5.97 Å². The van der Waals surface area contributed by atoms with E-state index < -0.39 is 0 Å². The first-order valence-electron chi connectivity index (χ1n) is 4.47. The van der Waals surface area contributed by atoms with Gasteiger partial charge in [0.2, 0.25) is 0 Å². The molecule has 5 nitrogen and oxygen atoms in total. The predicted octanol–water partition coefficient (Wildman–Crippen LogP) is 1.50. The van der Waals surface area contributed by atoms with Crippen LogP contribution in [0.2, 0.25) is 0 Å². The van der Waals surface area contributed by atoms with Crippen molar-refractivity contribution in [2.45, 2.75) is 6.92 Å². The van der Waals surface area contributed by atoms with Gasteiger partial charge < -0.3 is 4.74 Å². The van der Waals surface area contributed by atoms with Gasteiger partial charge in [-0.05, 0) is 31.2 Å². The van der Waals surface area contributed by atoms with Gasteiger partial charge in [-0.3, -0.25) is 10.7 Å². The zero-order valence-corrected chi connectivity index (χ0v) is 8.30. The summed E-state index contributed by atoms with van der Waals surface area (Å²) in [5.41, 5.74) is 2.90. The summed E-state index contributed by atoms with van der Waals surface area (Å²) < 4.78 is 4.82. The highest BCUT2D eigenvalue weighted by atomic mass is 16.5. The van der Waals surface area contributed by atoms with Gasteiger partial charge in [-0.1, -0.05) is 0 Å². The van der Waals surface area contributed by atoms with Gasteiger partial charge in [0.25, 0.3) is 0 Å². The molecule has 0 bridgehead atoms. The van der Waals surface area contributed by atoms with Crippen molar-refractivity contribution in [3.8, 4) is 0 Å². The summed E-state index contributed by atoms with van der Waals surface area (Å²) in [6.07, 6.45) is 1.14. The summed E-state index contributed by atoms with van der Waals surface area (Å²) in [7, 11) is 0. The molecule has 1 rings (SSSR count). The maximum Gasteiger partial charge on any atom is 0.338 e. The van der Waals surface area contributed by atoms with Crippen LogP contribution in [0.5, 0.6) is 0 Å². The molecule has 0 aliphatic carbocycles. The van der Waals surface area contributed by atoms with Crippen LogP contribution in [0, 0.1) is 0 Å². The van der Waals surface area contributed by atoms with E-state index in [1.165, 1.54) is 0 Å². The molecular weight excluding hydrogens is 196 g/mol. The van der Waals surface area contributed by atoms with Gasteiger partial charge >= 0.3 is 5.97 Å². The molecule has 0 fully saturated rings. The van der Waals surface area contributed by atoms with Crippen molar-refractivity contribution in [1.82, 2.24) is 5.48 Å². The fourth-order valence-corrected chi connectivity index (χ4v) is 1.00. The standard InChI is InChI=1S/C10H12N2O3/c1-2-15-10(13)8-3-5-9(6-4-8)11-7-12-14/h3-7,14H,2H2,1H3,(H,11,12). The molecule has 0 aliphatic heterocycles. The van der Waals surface area contributed by atoms with Gasteiger partial charge in [0.05, 0.1) is 17.9 Å². The number of hydrogen-bond donors (Lipinski definition) is 2. The lowest BCUT2D eigenvalue weighted by Gasteiger charge is -2.01. The largest absolute Gasteiger partial charge is 0.462 e. The molecule has 1 aromatic rings. The van der Waals surface area contributed by atoms with Crippen molar-refractivity contribution >= 4 is 18.0 Å². The molecule has 0 saturated heterocycles. The van der Waals surface area contributed by atoms with Crippen molar-refractivity contribution in [1.29, 1.82) is 0 Å². The Labute approximate surface area is 87.4 Å². The van der Waals surface area contributed by atoms with Crippen LogP contribution >= 0.6 is 0 Å². The van der Waals surface area contributed by atoms with Crippen molar-refractivity contribution < 1.29 is 14.7 Å². The lowest BCUT2D eigenvalue weighted by atomic mass is 10.2. The van der Waals surface area contributed by atoms with E-state index in [1.807, 2.05) is 0 Å². The Hall–Kier alpha value is -1.88. The minimum absolute atomic E-state index is 0.353. The zero-order chi connectivity index (χ0) is 11.1. The molecule has 1 aromatic carbocycles. The number of hydroxylamine groups is 1. The fraction of sp³-hybridized carbons (Fsp3) is 0.200. The fourth-order valence-electron chi connectivity index (χ4n) is 1.00. The zero-order valence-electron chi connectivity index (χ0n) is 8.30. The Bertz CT molecular complexity index is 346. The van der Waals surface area contributed by atoms with E-state index >= 15 is 0 Å². The maximum atomic E-state index is 11.3. The molecule has 0 heterocycles. The minimum atomic E-state index is -0.353. The van der Waals surface area contributed by atoms with Gasteiger partial charge in [0.1, 0.15) is 6.34 Å². The second kappa shape index (κ2) is 5.77. The highest BCUT2D eigenvalue weighted by Crippen LogP contribution is 2.12. The summed E-state index contributed by atoms with van der Waals surface area (Å²) in [6, 6.07) is 6.53. The monoisotopic (exact) mass is 208 g/mol. The van der Waals surface area contributed by atoms with E-state index in [0.717, 1.165) is 6.34 Å². The van der Waals surface area contributed by atoms with E-state index in [9.17, 15) is 4.79 Å². The molecule has 0 aromatic heterocycles. The normalized spacial score (nSPS) is 10.3. The Morgan fingerprint density at radius 1 is 1.53 bits per heavy atom. The smallest absolute Gasteiger partial charge is 0.338 e. The van der Waals surface area contributed by atoms with Crippen LogP contribution in [-0.2, 0) is 4.74 Å². The van der Waals surface area contributed by atoms with Crippen LogP contribution in [0.15, 0.2) is 29.3 Å². The predicted molar refractivity (Wildman–Crippen MR) is 55.5 cm³/mol. The summed E-state index contributed by atoms with van der Waals surface area (Å²) in [5, 5.41) is 8.27. The molecule has 0 atom stereocenters. The molecule has 0 aliphatic rings. The second-order valence-electron chi connectivity index (χ2n) is 2.65. The number of benzene rings is 1. The number of nitrogens with zero attached hydrogens (tertiary/aromatic N) is 1. The van der Waals surface area contributed by atoms with Crippen molar-refractivity contribution in [2.75, 3.05) is 6.61 Å². The Morgan fingerprint density at radius 2 is 2.20 bits per heavy atom. The number of hydrogen-bond acceptors (Lipinski definition) is 4. The van der Waals surface area contributed by atoms with Crippen LogP contribution in [0.3, 0.4) is 0 Å². The summed E-state index contributed by atoms with van der Waals surface area (Å²) >= 11 is 0. The molecule has 2 N–H and O–H groups in total. The first-order chi connectivity index (χ1) is 7.27. The number of nitrogens with one attached hydrogen (secondary N) is 1. The summed E-state index contributed by atoms with van der Waals surface area (Å²) in [6.45, 7) is 2.11. The molecule has 15 heavy (non-hydrogen) atoms. The van der Waals surface area contributed by atoms with E-state index in [2.05, 4.69) is 4.99 Å². The third kappa shape index (κ3) is 3.40. The number of esters is 1. The van der Waals surface area contributed by atoms with Crippen molar-refractivity contribution in [3.05, 3.63) is 29.8 Å². The molecule has 5 heteroatoms. The average Bonchev–Trinajstić information content (AvgIpc) is 2.27. The SMILES string of the molecule is CCOC(=O)c1ccc(N=CNO)cc1. The first kappa shape index (κ1) is 11.2. The molecule has 0 saturated carbocycles. The molecular formula is C10H12N2O3. The van der Waals surface area contributed by atoms with Gasteiger partial charge in [0.15, 0.2) is 0 Å². The third-order valence-electron chi connectivity index (χ3n) is 1.65. The van der Waals surface area contributed by atoms with Crippen LogP contribution in [0.4, 0.5) is 5.69 Å². The van der Waals surface area contributed by atoms with Crippen LogP contribution in [-0.4, -0.2) is 24.1 Å². The number of ether oxygens (including phenoxy) is 1. The topological polar surface area (TPSA) is 70.9 Å². The number of rotatable bonds is 4. The number of aliphatic imine (C=N–C) groups is 1. The van der Waals surface area contributed by atoms with E-state index in [1.54, 1.807) is 36.7 Å². The van der Waals surface area contributed by atoms with Gasteiger partial charge in [-0.15, -0.1) is 0 Å². The molecule has 0 amide bonds. The third-order valence-corrected chi connectivity index (χ3v) is 1.65. The highest BCUT2D eigenvalue weighted by molar-refractivity contribution is 5.89. The van der Waals surface area contributed by atoms with Crippen molar-refractivity contribution in [3.63, 3.8) is 0 Å². The molecule has 0 spiro atoms. The first-order valence-corrected chi connectivity index (χ1v) is 4.47. The van der Waals surface area contributed by atoms with Crippen LogP contribution < -0.4 is 5.48 Å². The number of carbonyl (C=O) groups is 1. The second-order valence-corrected chi connectivity index (χ2v) is 2.65. The van der Waals surface area contributed by atoms with Gasteiger partial charge in [-0.2, -0.15) is 0 Å². The lowest BCUT2D eigenvalue weighted by molar-refractivity contribution is 0.0526. The molecule has 0 radical (unpaired) electrons. The summed E-state index contributed by atoms with van der Waals surface area (Å²) in [4.78, 5) is 15.1. The van der Waals surface area contributed by atoms with Gasteiger partial charge in [0, 0.05) is 0 Å². The van der Waals surface area contributed by atoms with Gasteiger partial charge in [-0.25, -0.2) is 9.79 Å². The maximum absolute atomic E-state index is 11.3. The minimum Gasteiger partial charge on any atom is -0.462 e. The Balaban J connectivity index is 2.71. The lowest BCUT2D eigenvalue weighted by Crippen LogP contribution is -2.04. The van der Waals surface area contributed by atoms with E-state index in [0.29, 0.717) is 17.9 Å². The Kier molecular flexibility index (Phi) is 4.30.